The molecular weight excluding hydrogens is 334 g/mol. The van der Waals surface area contributed by atoms with Gasteiger partial charge in [-0.05, 0) is 36.5 Å². The second-order valence-corrected chi connectivity index (χ2v) is 7.10. The van der Waals surface area contributed by atoms with Crippen molar-refractivity contribution in [2.75, 3.05) is 6.54 Å². The summed E-state index contributed by atoms with van der Waals surface area (Å²) < 4.78 is 28.0. The quantitative estimate of drug-likeness (QED) is 0.831. The molecular formula is C21H24F2N2O. The molecule has 1 unspecified atom stereocenters. The number of carbonyl (C=O) groups excluding carboxylic acids is 1. The second kappa shape index (κ2) is 7.96. The van der Waals surface area contributed by atoms with Crippen molar-refractivity contribution in [2.45, 2.75) is 43.6 Å². The van der Waals surface area contributed by atoms with Gasteiger partial charge in [-0.25, -0.2) is 8.78 Å². The van der Waals surface area contributed by atoms with Gasteiger partial charge < -0.3 is 11.1 Å². The SMILES string of the molecule is NC(Cc1ccccc1)C(=O)NCC1(c2cccc(F)c2F)CCCC1. The van der Waals surface area contributed by atoms with E-state index in [4.69, 9.17) is 5.73 Å². The molecule has 1 amide bonds. The molecule has 0 aromatic heterocycles. The minimum absolute atomic E-state index is 0.267. The molecule has 5 heteroatoms. The van der Waals surface area contributed by atoms with Gasteiger partial charge in [0.05, 0.1) is 6.04 Å². The summed E-state index contributed by atoms with van der Waals surface area (Å²) in [5.74, 6) is -1.92. The summed E-state index contributed by atoms with van der Waals surface area (Å²) in [7, 11) is 0. The molecule has 3 nitrogen and oxygen atoms in total. The van der Waals surface area contributed by atoms with Crippen LogP contribution >= 0.6 is 0 Å². The Morgan fingerprint density at radius 2 is 1.77 bits per heavy atom. The average molecular weight is 358 g/mol. The zero-order chi connectivity index (χ0) is 18.6. The van der Waals surface area contributed by atoms with Crippen molar-refractivity contribution in [1.29, 1.82) is 0 Å². The van der Waals surface area contributed by atoms with Crippen LogP contribution in [-0.4, -0.2) is 18.5 Å². The molecule has 3 N–H and O–H groups in total. The highest BCUT2D eigenvalue weighted by molar-refractivity contribution is 5.81. The highest BCUT2D eigenvalue weighted by Crippen LogP contribution is 2.42. The number of halogens is 2. The van der Waals surface area contributed by atoms with E-state index in [1.165, 1.54) is 6.07 Å². The van der Waals surface area contributed by atoms with Crippen LogP contribution in [0.25, 0.3) is 0 Å². The van der Waals surface area contributed by atoms with E-state index < -0.39 is 23.1 Å². The summed E-state index contributed by atoms with van der Waals surface area (Å²) in [4.78, 5) is 12.4. The van der Waals surface area contributed by atoms with Crippen molar-refractivity contribution in [1.82, 2.24) is 5.32 Å². The molecule has 0 aliphatic heterocycles. The lowest BCUT2D eigenvalue weighted by Gasteiger charge is -2.31. The van der Waals surface area contributed by atoms with Crippen LogP contribution in [0.2, 0.25) is 0 Å². The predicted octanol–water partition coefficient (Wildman–Crippen LogP) is 3.46. The first kappa shape index (κ1) is 18.5. The lowest BCUT2D eigenvalue weighted by molar-refractivity contribution is -0.122. The molecule has 2 aromatic rings. The maximum absolute atomic E-state index is 14.4. The molecule has 0 heterocycles. The van der Waals surface area contributed by atoms with E-state index in [0.29, 0.717) is 12.0 Å². The summed E-state index contributed by atoms with van der Waals surface area (Å²) in [6.07, 6.45) is 3.75. The molecule has 3 rings (SSSR count). The highest BCUT2D eigenvalue weighted by Gasteiger charge is 2.38. The van der Waals surface area contributed by atoms with Gasteiger partial charge in [0.1, 0.15) is 0 Å². The number of benzene rings is 2. The van der Waals surface area contributed by atoms with Crippen LogP contribution in [0, 0.1) is 11.6 Å². The van der Waals surface area contributed by atoms with E-state index in [9.17, 15) is 13.6 Å². The fourth-order valence-corrected chi connectivity index (χ4v) is 3.85. The molecule has 0 saturated heterocycles. The molecule has 1 fully saturated rings. The number of amides is 1. The van der Waals surface area contributed by atoms with Gasteiger partial charge in [0.25, 0.3) is 0 Å². The first-order valence-corrected chi connectivity index (χ1v) is 9.03. The van der Waals surface area contributed by atoms with Crippen molar-refractivity contribution in [2.24, 2.45) is 5.73 Å². The van der Waals surface area contributed by atoms with Gasteiger partial charge in [-0.1, -0.05) is 55.3 Å². The summed E-state index contributed by atoms with van der Waals surface area (Å²) in [5.41, 5.74) is 6.80. The van der Waals surface area contributed by atoms with Crippen molar-refractivity contribution in [3.63, 3.8) is 0 Å². The standard InChI is InChI=1S/C21H24F2N2O/c22-17-10-6-9-16(19(17)23)21(11-4-5-12-21)14-25-20(26)18(24)13-15-7-2-1-3-8-15/h1-3,6-10,18H,4-5,11-14,24H2,(H,25,26). The Morgan fingerprint density at radius 1 is 1.08 bits per heavy atom. The zero-order valence-electron chi connectivity index (χ0n) is 14.7. The van der Waals surface area contributed by atoms with Crippen LogP contribution in [0.5, 0.6) is 0 Å². The predicted molar refractivity (Wildman–Crippen MR) is 97.6 cm³/mol. The van der Waals surface area contributed by atoms with E-state index in [1.54, 1.807) is 6.07 Å². The van der Waals surface area contributed by atoms with E-state index in [1.807, 2.05) is 30.3 Å². The van der Waals surface area contributed by atoms with E-state index in [2.05, 4.69) is 5.32 Å². The Labute approximate surface area is 152 Å². The largest absolute Gasteiger partial charge is 0.354 e. The van der Waals surface area contributed by atoms with Gasteiger partial charge in [0.2, 0.25) is 5.91 Å². The third kappa shape index (κ3) is 3.93. The topological polar surface area (TPSA) is 55.1 Å². The number of carbonyl (C=O) groups is 1. The fraction of sp³-hybridized carbons (Fsp3) is 0.381. The van der Waals surface area contributed by atoms with Crippen molar-refractivity contribution in [3.8, 4) is 0 Å². The first-order valence-electron chi connectivity index (χ1n) is 9.03. The third-order valence-electron chi connectivity index (χ3n) is 5.32. The van der Waals surface area contributed by atoms with Crippen LogP contribution < -0.4 is 11.1 Å². The van der Waals surface area contributed by atoms with Crippen molar-refractivity contribution in [3.05, 3.63) is 71.3 Å². The number of nitrogens with one attached hydrogen (secondary N) is 1. The Hall–Kier alpha value is -2.27. The number of hydrogen-bond donors (Lipinski definition) is 2. The van der Waals surface area contributed by atoms with Crippen LogP contribution in [0.15, 0.2) is 48.5 Å². The van der Waals surface area contributed by atoms with E-state index in [-0.39, 0.29) is 12.5 Å². The lowest BCUT2D eigenvalue weighted by atomic mass is 9.78. The molecule has 0 spiro atoms. The monoisotopic (exact) mass is 358 g/mol. The summed E-state index contributed by atoms with van der Waals surface area (Å²) in [6, 6.07) is 13.2. The molecule has 2 aromatic carbocycles. The van der Waals surface area contributed by atoms with Crippen molar-refractivity contribution < 1.29 is 13.6 Å². The highest BCUT2D eigenvalue weighted by atomic mass is 19.2. The average Bonchev–Trinajstić information content (AvgIpc) is 3.12. The second-order valence-electron chi connectivity index (χ2n) is 7.10. The minimum atomic E-state index is -0.846. The van der Waals surface area contributed by atoms with Gasteiger partial charge in [0, 0.05) is 12.0 Å². The molecule has 0 bridgehead atoms. The van der Waals surface area contributed by atoms with Gasteiger partial charge in [-0.3, -0.25) is 4.79 Å². The first-order chi connectivity index (χ1) is 12.5. The van der Waals surface area contributed by atoms with Crippen LogP contribution in [0.1, 0.15) is 36.8 Å². The normalized spacial score (nSPS) is 17.0. The lowest BCUT2D eigenvalue weighted by Crippen LogP contribution is -2.47. The molecule has 1 atom stereocenters. The molecule has 1 aliphatic rings. The molecule has 1 aliphatic carbocycles. The molecule has 0 radical (unpaired) electrons. The minimum Gasteiger partial charge on any atom is -0.354 e. The number of hydrogen-bond acceptors (Lipinski definition) is 2. The van der Waals surface area contributed by atoms with Crippen LogP contribution in [0.3, 0.4) is 0 Å². The van der Waals surface area contributed by atoms with Gasteiger partial charge >= 0.3 is 0 Å². The van der Waals surface area contributed by atoms with Crippen LogP contribution in [-0.2, 0) is 16.6 Å². The van der Waals surface area contributed by atoms with E-state index >= 15 is 0 Å². The van der Waals surface area contributed by atoms with Gasteiger partial charge in [0.15, 0.2) is 11.6 Å². The van der Waals surface area contributed by atoms with Crippen LogP contribution in [0.4, 0.5) is 8.78 Å². The zero-order valence-corrected chi connectivity index (χ0v) is 14.7. The van der Waals surface area contributed by atoms with Gasteiger partial charge in [-0.15, -0.1) is 0 Å². The number of rotatable bonds is 6. The third-order valence-corrected chi connectivity index (χ3v) is 5.32. The summed E-state index contributed by atoms with van der Waals surface area (Å²) >= 11 is 0. The Morgan fingerprint density at radius 3 is 2.46 bits per heavy atom. The van der Waals surface area contributed by atoms with Crippen molar-refractivity contribution >= 4 is 5.91 Å². The van der Waals surface area contributed by atoms with E-state index in [0.717, 1.165) is 37.3 Å². The van der Waals surface area contributed by atoms with Gasteiger partial charge in [-0.2, -0.15) is 0 Å². The maximum Gasteiger partial charge on any atom is 0.237 e. The smallest absolute Gasteiger partial charge is 0.237 e. The Balaban J connectivity index is 1.69. The molecule has 1 saturated carbocycles. The summed E-state index contributed by atoms with van der Waals surface area (Å²) in [5, 5.41) is 2.88. The Kier molecular flexibility index (Phi) is 5.67. The maximum atomic E-state index is 14.4. The fourth-order valence-electron chi connectivity index (χ4n) is 3.85. The summed E-state index contributed by atoms with van der Waals surface area (Å²) in [6.45, 7) is 0.273. The Bertz CT molecular complexity index is 758. The molecule has 26 heavy (non-hydrogen) atoms. The molecule has 138 valence electrons. The number of nitrogens with two attached hydrogens (primary N) is 1.